The van der Waals surface area contributed by atoms with Gasteiger partial charge in [0.15, 0.2) is 17.5 Å². The van der Waals surface area contributed by atoms with Crippen LogP contribution >= 0.6 is 11.8 Å². The third-order valence-corrected chi connectivity index (χ3v) is 4.58. The van der Waals surface area contributed by atoms with Crippen molar-refractivity contribution in [3.05, 3.63) is 48.3 Å². The van der Waals surface area contributed by atoms with Crippen molar-refractivity contribution in [3.63, 3.8) is 0 Å². The van der Waals surface area contributed by atoms with Gasteiger partial charge < -0.3 is 9.47 Å². The van der Waals surface area contributed by atoms with E-state index in [4.69, 9.17) is 0 Å². The van der Waals surface area contributed by atoms with Crippen LogP contribution in [0.1, 0.15) is 5.82 Å². The summed E-state index contributed by atoms with van der Waals surface area (Å²) in [6.45, 7) is 2.42. The highest BCUT2D eigenvalue weighted by Crippen LogP contribution is 2.24. The summed E-state index contributed by atoms with van der Waals surface area (Å²) < 4.78 is 2.19. The maximum absolute atomic E-state index is 4.37. The van der Waals surface area contributed by atoms with Gasteiger partial charge in [-0.3, -0.25) is 0 Å². The number of thioether (sulfide) groups is 1. The van der Waals surface area contributed by atoms with Crippen molar-refractivity contribution in [2.75, 3.05) is 17.7 Å². The molecule has 4 rings (SSSR count). The highest BCUT2D eigenvalue weighted by atomic mass is 32.2. The third kappa shape index (κ3) is 2.68. The van der Waals surface area contributed by atoms with E-state index in [2.05, 4.69) is 42.0 Å². The summed E-state index contributed by atoms with van der Waals surface area (Å²) in [5.41, 5.74) is 1.10. The summed E-state index contributed by atoms with van der Waals surface area (Å²) in [5, 5.41) is 18.2. The highest BCUT2D eigenvalue weighted by Gasteiger charge is 2.22. The molecule has 0 bridgehead atoms. The minimum Gasteiger partial charge on any atom is -0.346 e. The molecule has 0 N–H and O–H groups in total. The molecule has 0 atom stereocenters. The minimum atomic E-state index is 0.702. The zero-order valence-corrected chi connectivity index (χ0v) is 13.6. The Balaban J connectivity index is 1.59. The zero-order valence-electron chi connectivity index (χ0n) is 12.8. The molecule has 3 heterocycles. The van der Waals surface area contributed by atoms with Gasteiger partial charge in [0.1, 0.15) is 5.03 Å². The van der Waals surface area contributed by atoms with E-state index in [9.17, 15) is 0 Å². The molecule has 0 unspecified atom stereocenters. The summed E-state index contributed by atoms with van der Waals surface area (Å²) in [4.78, 5) is 2.19. The molecule has 0 radical (unpaired) electrons. The molecule has 2 aromatic heterocycles. The van der Waals surface area contributed by atoms with E-state index in [1.807, 2.05) is 36.6 Å². The Kier molecular flexibility index (Phi) is 3.70. The monoisotopic (exact) mass is 324 g/mol. The molecule has 1 aliphatic heterocycles. The highest BCUT2D eigenvalue weighted by molar-refractivity contribution is 7.98. The van der Waals surface area contributed by atoms with Crippen molar-refractivity contribution >= 4 is 17.6 Å². The Labute approximate surface area is 138 Å². The Hall–Kier alpha value is -2.41. The lowest BCUT2D eigenvalue weighted by Crippen LogP contribution is -2.34. The van der Waals surface area contributed by atoms with Gasteiger partial charge in [0.2, 0.25) is 0 Å². The first-order chi connectivity index (χ1) is 11.3. The third-order valence-electron chi connectivity index (χ3n) is 3.94. The number of hydrogen-bond acceptors (Lipinski definition) is 6. The second kappa shape index (κ2) is 6.00. The quantitative estimate of drug-likeness (QED) is 0.690. The number of benzene rings is 1. The van der Waals surface area contributed by atoms with Crippen molar-refractivity contribution in [2.45, 2.75) is 18.1 Å². The average molecular weight is 324 g/mol. The van der Waals surface area contributed by atoms with Gasteiger partial charge in [-0.2, -0.15) is 0 Å². The number of nitrogens with zero attached hydrogens (tertiary/aromatic N) is 6. The van der Waals surface area contributed by atoms with Crippen LogP contribution < -0.4 is 4.90 Å². The minimum absolute atomic E-state index is 0.702. The average Bonchev–Trinajstić information content (AvgIpc) is 3.06. The second-order valence-corrected chi connectivity index (χ2v) is 6.14. The van der Waals surface area contributed by atoms with Crippen LogP contribution in [0.2, 0.25) is 0 Å². The summed E-state index contributed by atoms with van der Waals surface area (Å²) >= 11 is 1.60. The first kappa shape index (κ1) is 14.2. The lowest BCUT2D eigenvalue weighted by Gasteiger charge is -2.28. The van der Waals surface area contributed by atoms with Crippen LogP contribution in [-0.2, 0) is 13.1 Å². The molecule has 116 valence electrons. The molecule has 23 heavy (non-hydrogen) atoms. The first-order valence-corrected chi connectivity index (χ1v) is 8.68. The fraction of sp³-hybridized carbons (Fsp3) is 0.250. The van der Waals surface area contributed by atoms with Crippen LogP contribution in [-0.4, -0.2) is 37.8 Å². The smallest absolute Gasteiger partial charge is 0.164 e. The van der Waals surface area contributed by atoms with Crippen LogP contribution in [0.3, 0.4) is 0 Å². The Morgan fingerprint density at radius 3 is 2.52 bits per heavy atom. The van der Waals surface area contributed by atoms with Crippen LogP contribution in [0.25, 0.3) is 11.4 Å². The molecule has 7 heteroatoms. The standard InChI is InChI=1S/C16H16N6S/c1-23-15-8-7-13(17-19-15)21-9-10-22-14(11-21)18-20-16(22)12-5-3-2-4-6-12/h2-8H,9-11H2,1H3. The van der Waals surface area contributed by atoms with Gasteiger partial charge in [0.05, 0.1) is 6.54 Å². The van der Waals surface area contributed by atoms with Crippen molar-refractivity contribution < 1.29 is 0 Å². The lowest BCUT2D eigenvalue weighted by atomic mass is 10.2. The Morgan fingerprint density at radius 2 is 1.78 bits per heavy atom. The second-order valence-electron chi connectivity index (χ2n) is 5.31. The van der Waals surface area contributed by atoms with E-state index in [0.29, 0.717) is 6.54 Å². The van der Waals surface area contributed by atoms with E-state index < -0.39 is 0 Å². The SMILES string of the molecule is CSc1ccc(N2CCn3c(nnc3-c3ccccc3)C2)nn1. The van der Waals surface area contributed by atoms with Gasteiger partial charge in [0, 0.05) is 18.7 Å². The van der Waals surface area contributed by atoms with Crippen molar-refractivity contribution in [1.29, 1.82) is 0 Å². The fourth-order valence-electron chi connectivity index (χ4n) is 2.74. The summed E-state index contributed by atoms with van der Waals surface area (Å²) in [5.74, 6) is 2.79. The molecular formula is C16H16N6S. The predicted octanol–water partition coefficient (Wildman–Crippen LogP) is 2.48. The number of aromatic nitrogens is 5. The maximum Gasteiger partial charge on any atom is 0.164 e. The van der Waals surface area contributed by atoms with E-state index in [0.717, 1.165) is 41.1 Å². The molecule has 0 saturated carbocycles. The van der Waals surface area contributed by atoms with Crippen LogP contribution in [0.4, 0.5) is 5.82 Å². The molecule has 0 saturated heterocycles. The fourth-order valence-corrected chi connectivity index (χ4v) is 3.07. The van der Waals surface area contributed by atoms with E-state index in [1.165, 1.54) is 0 Å². The van der Waals surface area contributed by atoms with Gasteiger partial charge in [0.25, 0.3) is 0 Å². The zero-order chi connectivity index (χ0) is 15.6. The number of anilines is 1. The Morgan fingerprint density at radius 1 is 0.913 bits per heavy atom. The van der Waals surface area contributed by atoms with Crippen molar-refractivity contribution in [2.24, 2.45) is 0 Å². The van der Waals surface area contributed by atoms with Crippen LogP contribution in [0, 0.1) is 0 Å². The van der Waals surface area contributed by atoms with Crippen molar-refractivity contribution in [3.8, 4) is 11.4 Å². The molecule has 0 aliphatic carbocycles. The molecular weight excluding hydrogens is 308 g/mol. The van der Waals surface area contributed by atoms with Crippen LogP contribution in [0.15, 0.2) is 47.5 Å². The molecule has 3 aromatic rings. The normalized spacial score (nSPS) is 13.9. The largest absolute Gasteiger partial charge is 0.346 e. The van der Waals surface area contributed by atoms with Crippen molar-refractivity contribution in [1.82, 2.24) is 25.0 Å². The summed E-state index contributed by atoms with van der Waals surface area (Å²) in [6.07, 6.45) is 2.00. The van der Waals surface area contributed by atoms with E-state index in [1.54, 1.807) is 11.8 Å². The van der Waals surface area contributed by atoms with Gasteiger partial charge in [-0.25, -0.2) is 0 Å². The predicted molar refractivity (Wildman–Crippen MR) is 90.3 cm³/mol. The van der Waals surface area contributed by atoms with Gasteiger partial charge in [-0.15, -0.1) is 32.2 Å². The number of hydrogen-bond donors (Lipinski definition) is 0. The topological polar surface area (TPSA) is 59.7 Å². The molecule has 1 aliphatic rings. The van der Waals surface area contributed by atoms with Gasteiger partial charge >= 0.3 is 0 Å². The first-order valence-electron chi connectivity index (χ1n) is 7.45. The van der Waals surface area contributed by atoms with E-state index >= 15 is 0 Å². The van der Waals surface area contributed by atoms with Gasteiger partial charge in [-0.05, 0) is 18.4 Å². The molecule has 0 spiro atoms. The van der Waals surface area contributed by atoms with E-state index in [-0.39, 0.29) is 0 Å². The Bertz CT molecular complexity index is 799. The summed E-state index contributed by atoms with van der Waals surface area (Å²) in [7, 11) is 0. The van der Waals surface area contributed by atoms with Crippen LogP contribution in [0.5, 0.6) is 0 Å². The molecule has 0 amide bonds. The number of fused-ring (bicyclic) bond motifs is 1. The molecule has 0 fully saturated rings. The maximum atomic E-state index is 4.37. The number of rotatable bonds is 3. The van der Waals surface area contributed by atoms with Gasteiger partial charge in [-0.1, -0.05) is 30.3 Å². The lowest BCUT2D eigenvalue weighted by molar-refractivity contribution is 0.557. The molecule has 6 nitrogen and oxygen atoms in total. The molecule has 1 aromatic carbocycles. The summed E-state index contributed by atoms with van der Waals surface area (Å²) in [6, 6.07) is 14.2.